The van der Waals surface area contributed by atoms with Gasteiger partial charge in [0.05, 0.1) is 17.9 Å². The summed E-state index contributed by atoms with van der Waals surface area (Å²) in [6.45, 7) is 5.28. The maximum atomic E-state index is 11.9. The van der Waals surface area contributed by atoms with Gasteiger partial charge in [-0.05, 0) is 24.6 Å². The van der Waals surface area contributed by atoms with Crippen LogP contribution in [0.4, 0.5) is 5.69 Å². The molecule has 1 aliphatic heterocycles. The van der Waals surface area contributed by atoms with Crippen molar-refractivity contribution in [2.45, 2.75) is 12.5 Å². The van der Waals surface area contributed by atoms with Crippen molar-refractivity contribution in [1.82, 2.24) is 19.9 Å². The average molecular weight is 347 g/mol. The van der Waals surface area contributed by atoms with E-state index in [-0.39, 0.29) is 11.9 Å². The van der Waals surface area contributed by atoms with Crippen molar-refractivity contribution >= 4 is 22.6 Å². The molecule has 4 rings (SSSR count). The summed E-state index contributed by atoms with van der Waals surface area (Å²) in [7, 11) is 1.84. The number of pyridine rings is 2. The second-order valence-electron chi connectivity index (χ2n) is 6.58. The van der Waals surface area contributed by atoms with E-state index in [0.717, 1.165) is 47.4 Å². The highest BCUT2D eigenvalue weighted by Crippen LogP contribution is 2.31. The molecule has 0 spiro atoms. The second kappa shape index (κ2) is 6.63. The number of likely N-dealkylation sites (N-methyl/N-ethyl adjacent to an activating group) is 1. The summed E-state index contributed by atoms with van der Waals surface area (Å²) in [4.78, 5) is 27.9. The van der Waals surface area contributed by atoms with Crippen LogP contribution in [-0.2, 0) is 4.79 Å². The Morgan fingerprint density at radius 2 is 2.35 bits per heavy atom. The van der Waals surface area contributed by atoms with Crippen LogP contribution >= 0.6 is 0 Å². The first-order valence-corrected chi connectivity index (χ1v) is 8.69. The Kier molecular flexibility index (Phi) is 4.16. The Bertz CT molecular complexity index is 949. The molecule has 6 heteroatoms. The van der Waals surface area contributed by atoms with Gasteiger partial charge in [-0.2, -0.15) is 0 Å². The molecular formula is C20H21N5O. The number of carbonyl (C=O) groups excluding carboxylic acids is 1. The lowest BCUT2D eigenvalue weighted by atomic mass is 10.1. The minimum Gasteiger partial charge on any atom is -0.368 e. The molecule has 1 saturated heterocycles. The Hall–Kier alpha value is -3.15. The van der Waals surface area contributed by atoms with Gasteiger partial charge in [0.25, 0.3) is 0 Å². The van der Waals surface area contributed by atoms with E-state index >= 15 is 0 Å². The third-order valence-corrected chi connectivity index (χ3v) is 5.09. The number of carbonyl (C=O) groups is 1. The van der Waals surface area contributed by atoms with Crippen LogP contribution in [0.15, 0.2) is 55.6 Å². The van der Waals surface area contributed by atoms with E-state index in [1.807, 2.05) is 37.8 Å². The van der Waals surface area contributed by atoms with Crippen molar-refractivity contribution in [1.29, 1.82) is 0 Å². The lowest BCUT2D eigenvalue weighted by Gasteiger charge is -2.24. The van der Waals surface area contributed by atoms with E-state index in [9.17, 15) is 4.79 Å². The number of hydrogen-bond donors (Lipinski definition) is 1. The van der Waals surface area contributed by atoms with E-state index in [2.05, 4.69) is 32.5 Å². The van der Waals surface area contributed by atoms with Gasteiger partial charge in [-0.3, -0.25) is 9.78 Å². The highest BCUT2D eigenvalue weighted by molar-refractivity contribution is 5.95. The molecule has 26 heavy (non-hydrogen) atoms. The number of H-pyrrole nitrogens is 1. The van der Waals surface area contributed by atoms with Gasteiger partial charge in [0.2, 0.25) is 5.91 Å². The minimum atomic E-state index is -0.0325. The van der Waals surface area contributed by atoms with Gasteiger partial charge < -0.3 is 14.8 Å². The standard InChI is InChI=1S/C20H21N5O/c1-3-19(26)24(2)15-6-8-25(13-15)16-9-17-18(12-23-20(17)22-11-16)14-5-4-7-21-10-14/h3-5,7,9-12,15H,1,6,8,13H2,2H3,(H,22,23). The van der Waals surface area contributed by atoms with Gasteiger partial charge in [0.1, 0.15) is 5.65 Å². The molecule has 132 valence electrons. The molecule has 4 heterocycles. The molecule has 1 unspecified atom stereocenters. The second-order valence-corrected chi connectivity index (χ2v) is 6.58. The van der Waals surface area contributed by atoms with Gasteiger partial charge in [0, 0.05) is 55.2 Å². The first-order chi connectivity index (χ1) is 12.7. The van der Waals surface area contributed by atoms with Crippen LogP contribution < -0.4 is 4.90 Å². The zero-order chi connectivity index (χ0) is 18.1. The summed E-state index contributed by atoms with van der Waals surface area (Å²) in [6, 6.07) is 6.34. The number of aromatic amines is 1. The Morgan fingerprint density at radius 3 is 3.12 bits per heavy atom. The molecule has 0 saturated carbocycles. The van der Waals surface area contributed by atoms with Gasteiger partial charge in [0.15, 0.2) is 0 Å². The maximum Gasteiger partial charge on any atom is 0.246 e. The van der Waals surface area contributed by atoms with Crippen LogP contribution in [0.1, 0.15) is 6.42 Å². The summed E-state index contributed by atoms with van der Waals surface area (Å²) in [5, 5.41) is 1.08. The lowest BCUT2D eigenvalue weighted by Crippen LogP contribution is -2.38. The molecule has 1 N–H and O–H groups in total. The van der Waals surface area contributed by atoms with Crippen molar-refractivity contribution < 1.29 is 4.79 Å². The third-order valence-electron chi connectivity index (χ3n) is 5.09. The molecule has 6 nitrogen and oxygen atoms in total. The molecule has 0 bridgehead atoms. The molecule has 1 aliphatic rings. The monoisotopic (exact) mass is 347 g/mol. The molecule has 0 aromatic carbocycles. The summed E-state index contributed by atoms with van der Waals surface area (Å²) >= 11 is 0. The first kappa shape index (κ1) is 16.3. The number of amides is 1. The van der Waals surface area contributed by atoms with Crippen molar-refractivity contribution in [2.24, 2.45) is 0 Å². The zero-order valence-electron chi connectivity index (χ0n) is 14.7. The van der Waals surface area contributed by atoms with Gasteiger partial charge in [-0.15, -0.1) is 0 Å². The van der Waals surface area contributed by atoms with Gasteiger partial charge in [-0.25, -0.2) is 4.98 Å². The fourth-order valence-corrected chi connectivity index (χ4v) is 3.54. The smallest absolute Gasteiger partial charge is 0.246 e. The molecule has 3 aromatic rings. The zero-order valence-corrected chi connectivity index (χ0v) is 14.7. The highest BCUT2D eigenvalue weighted by atomic mass is 16.2. The number of nitrogens with one attached hydrogen (secondary N) is 1. The van der Waals surface area contributed by atoms with Crippen molar-refractivity contribution in [2.75, 3.05) is 25.0 Å². The topological polar surface area (TPSA) is 65.1 Å². The SMILES string of the molecule is C=CC(=O)N(C)C1CCN(c2cnc3[nH]cc(-c4cccnc4)c3c2)C1. The van der Waals surface area contributed by atoms with E-state index in [0.29, 0.717) is 0 Å². The molecule has 1 atom stereocenters. The maximum absolute atomic E-state index is 11.9. The Morgan fingerprint density at radius 1 is 1.46 bits per heavy atom. The quantitative estimate of drug-likeness (QED) is 0.737. The molecule has 0 aliphatic carbocycles. The Labute approximate surface area is 152 Å². The van der Waals surface area contributed by atoms with Gasteiger partial charge in [-0.1, -0.05) is 12.6 Å². The number of fused-ring (bicyclic) bond motifs is 1. The van der Waals surface area contributed by atoms with Crippen LogP contribution in [0.5, 0.6) is 0 Å². The largest absolute Gasteiger partial charge is 0.368 e. The number of anilines is 1. The van der Waals surface area contributed by atoms with Crippen LogP contribution in [0, 0.1) is 0 Å². The molecule has 3 aromatic heterocycles. The summed E-state index contributed by atoms with van der Waals surface area (Å²) in [5.74, 6) is -0.0325. The normalized spacial score (nSPS) is 16.8. The van der Waals surface area contributed by atoms with E-state index in [1.165, 1.54) is 6.08 Å². The lowest BCUT2D eigenvalue weighted by molar-refractivity contribution is -0.126. The average Bonchev–Trinajstić information content (AvgIpc) is 3.34. The molecule has 0 radical (unpaired) electrons. The minimum absolute atomic E-state index is 0.0325. The van der Waals surface area contributed by atoms with E-state index in [4.69, 9.17) is 0 Å². The molecule has 1 amide bonds. The summed E-state index contributed by atoms with van der Waals surface area (Å²) in [6.07, 6.45) is 9.81. The predicted molar refractivity (Wildman–Crippen MR) is 103 cm³/mol. The van der Waals surface area contributed by atoms with Gasteiger partial charge >= 0.3 is 0 Å². The van der Waals surface area contributed by atoms with Crippen molar-refractivity contribution in [3.05, 3.63) is 55.6 Å². The summed E-state index contributed by atoms with van der Waals surface area (Å²) < 4.78 is 0. The Balaban J connectivity index is 1.62. The number of hydrogen-bond acceptors (Lipinski definition) is 4. The number of nitrogens with zero attached hydrogens (tertiary/aromatic N) is 4. The van der Waals surface area contributed by atoms with Crippen molar-refractivity contribution in [3.8, 4) is 11.1 Å². The van der Waals surface area contributed by atoms with Crippen molar-refractivity contribution in [3.63, 3.8) is 0 Å². The number of aromatic nitrogens is 3. The fraction of sp³-hybridized carbons (Fsp3) is 0.250. The summed E-state index contributed by atoms with van der Waals surface area (Å²) in [5.41, 5.74) is 4.09. The molecular weight excluding hydrogens is 326 g/mol. The number of rotatable bonds is 4. The molecule has 1 fully saturated rings. The third kappa shape index (κ3) is 2.83. The van der Waals surface area contributed by atoms with Crippen LogP contribution in [0.3, 0.4) is 0 Å². The van der Waals surface area contributed by atoms with E-state index < -0.39 is 0 Å². The fourth-order valence-electron chi connectivity index (χ4n) is 3.54. The van der Waals surface area contributed by atoms with Crippen LogP contribution in [-0.4, -0.2) is 51.9 Å². The first-order valence-electron chi connectivity index (χ1n) is 8.69. The van der Waals surface area contributed by atoms with E-state index in [1.54, 1.807) is 11.1 Å². The van der Waals surface area contributed by atoms with Crippen LogP contribution in [0.25, 0.3) is 22.2 Å². The highest BCUT2D eigenvalue weighted by Gasteiger charge is 2.28. The predicted octanol–water partition coefficient (Wildman–Crippen LogP) is 2.85. The van der Waals surface area contributed by atoms with Crippen LogP contribution in [0.2, 0.25) is 0 Å².